The van der Waals surface area contributed by atoms with Crippen molar-refractivity contribution in [2.75, 3.05) is 11.9 Å². The molecule has 2 amide bonds. The summed E-state index contributed by atoms with van der Waals surface area (Å²) in [7, 11) is 0. The number of amides is 2. The molecule has 2 rings (SSSR count). The van der Waals surface area contributed by atoms with Crippen LogP contribution in [0.1, 0.15) is 39.2 Å². The molecule has 0 aliphatic heterocycles. The molecule has 0 aromatic heterocycles. The second kappa shape index (κ2) is 12.0. The van der Waals surface area contributed by atoms with Gasteiger partial charge >= 0.3 is 0 Å². The highest BCUT2D eigenvalue weighted by Gasteiger charge is 2.07. The van der Waals surface area contributed by atoms with Gasteiger partial charge in [-0.2, -0.15) is 5.10 Å². The summed E-state index contributed by atoms with van der Waals surface area (Å²) >= 11 is 3.45. The minimum absolute atomic E-state index is 0.0328. The van der Waals surface area contributed by atoms with Gasteiger partial charge in [0.25, 0.3) is 0 Å². The number of benzene rings is 2. The third-order valence-corrected chi connectivity index (χ3v) is 4.37. The lowest BCUT2D eigenvalue weighted by atomic mass is 10.2. The number of nitrogens with one attached hydrogen (secondary N) is 2. The minimum atomic E-state index is -0.341. The molecular weight excluding hydrogens is 450 g/mol. The highest BCUT2D eigenvalue weighted by Crippen LogP contribution is 2.26. The zero-order chi connectivity index (χ0) is 21.9. The fourth-order valence-corrected chi connectivity index (χ4v) is 2.92. The summed E-state index contributed by atoms with van der Waals surface area (Å²) in [4.78, 5) is 23.9. The second-order valence-electron chi connectivity index (χ2n) is 6.66. The maximum absolute atomic E-state index is 12.0. The summed E-state index contributed by atoms with van der Waals surface area (Å²) < 4.78 is 11.8. The molecule has 7 nitrogen and oxygen atoms in total. The van der Waals surface area contributed by atoms with E-state index in [1.165, 1.54) is 6.21 Å². The predicted octanol–water partition coefficient (Wildman–Crippen LogP) is 4.50. The van der Waals surface area contributed by atoms with Gasteiger partial charge in [-0.05, 0) is 84.7 Å². The quantitative estimate of drug-likeness (QED) is 0.390. The normalized spacial score (nSPS) is 10.8. The molecule has 0 saturated carbocycles. The van der Waals surface area contributed by atoms with E-state index in [0.717, 1.165) is 21.5 Å². The molecule has 2 aromatic rings. The molecule has 0 atom stereocenters. The third-order valence-electron chi connectivity index (χ3n) is 3.75. The van der Waals surface area contributed by atoms with Crippen molar-refractivity contribution in [1.82, 2.24) is 5.43 Å². The largest absolute Gasteiger partial charge is 0.494 e. The first-order chi connectivity index (χ1) is 14.4. The Bertz CT molecular complexity index is 882. The Kier molecular flexibility index (Phi) is 9.34. The number of nitrogens with zero attached hydrogens (tertiary/aromatic N) is 1. The van der Waals surface area contributed by atoms with Crippen molar-refractivity contribution in [1.29, 1.82) is 0 Å². The highest BCUT2D eigenvalue weighted by atomic mass is 79.9. The Morgan fingerprint density at radius 2 is 1.80 bits per heavy atom. The number of hydrogen-bond acceptors (Lipinski definition) is 5. The van der Waals surface area contributed by atoms with Crippen LogP contribution in [0.5, 0.6) is 11.5 Å². The van der Waals surface area contributed by atoms with Crippen molar-refractivity contribution in [3.8, 4) is 11.5 Å². The van der Waals surface area contributed by atoms with Gasteiger partial charge in [0, 0.05) is 18.5 Å². The molecule has 0 aliphatic rings. The molecule has 0 spiro atoms. The van der Waals surface area contributed by atoms with Crippen LogP contribution in [-0.2, 0) is 9.59 Å². The number of carbonyl (C=O) groups excluding carboxylic acids is 2. The van der Waals surface area contributed by atoms with Crippen molar-refractivity contribution in [3.05, 3.63) is 52.5 Å². The maximum Gasteiger partial charge on any atom is 0.240 e. The first-order valence-corrected chi connectivity index (χ1v) is 10.5. The zero-order valence-corrected chi connectivity index (χ0v) is 18.9. The fraction of sp³-hybridized carbons (Fsp3) is 0.318. The predicted molar refractivity (Wildman–Crippen MR) is 121 cm³/mol. The molecule has 0 radical (unpaired) electrons. The van der Waals surface area contributed by atoms with Crippen molar-refractivity contribution < 1.29 is 19.1 Å². The van der Waals surface area contributed by atoms with Gasteiger partial charge in [0.2, 0.25) is 11.8 Å². The van der Waals surface area contributed by atoms with E-state index in [9.17, 15) is 9.59 Å². The average Bonchev–Trinajstić information content (AvgIpc) is 2.70. The van der Waals surface area contributed by atoms with E-state index in [4.69, 9.17) is 9.47 Å². The molecule has 30 heavy (non-hydrogen) atoms. The van der Waals surface area contributed by atoms with Crippen LogP contribution in [-0.4, -0.2) is 30.7 Å². The Hall–Kier alpha value is -2.87. The molecule has 0 aliphatic carbocycles. The molecule has 0 saturated heterocycles. The van der Waals surface area contributed by atoms with E-state index in [-0.39, 0.29) is 30.8 Å². The molecule has 160 valence electrons. The summed E-state index contributed by atoms with van der Waals surface area (Å²) in [5.74, 6) is 0.890. The molecule has 8 heteroatoms. The van der Waals surface area contributed by atoms with Crippen molar-refractivity contribution >= 4 is 39.6 Å². The molecule has 0 bridgehead atoms. The van der Waals surface area contributed by atoms with Crippen LogP contribution in [0.2, 0.25) is 0 Å². The van der Waals surface area contributed by atoms with Gasteiger partial charge in [0.1, 0.15) is 11.5 Å². The number of hydrazone groups is 1. The Morgan fingerprint density at radius 3 is 2.43 bits per heavy atom. The lowest BCUT2D eigenvalue weighted by Gasteiger charge is -2.11. The van der Waals surface area contributed by atoms with E-state index < -0.39 is 0 Å². The van der Waals surface area contributed by atoms with Crippen LogP contribution < -0.4 is 20.2 Å². The van der Waals surface area contributed by atoms with E-state index in [1.807, 2.05) is 39.0 Å². The van der Waals surface area contributed by atoms with Crippen LogP contribution in [0.25, 0.3) is 0 Å². The van der Waals surface area contributed by atoms with Crippen LogP contribution >= 0.6 is 15.9 Å². The van der Waals surface area contributed by atoms with Crippen LogP contribution in [0, 0.1) is 0 Å². The van der Waals surface area contributed by atoms with Gasteiger partial charge in [-0.15, -0.1) is 0 Å². The topological polar surface area (TPSA) is 89.0 Å². The van der Waals surface area contributed by atoms with Crippen molar-refractivity contribution in [3.63, 3.8) is 0 Å². The molecule has 2 aromatic carbocycles. The van der Waals surface area contributed by atoms with Crippen molar-refractivity contribution in [2.45, 2.75) is 39.7 Å². The van der Waals surface area contributed by atoms with Crippen LogP contribution in [0.15, 0.2) is 52.0 Å². The van der Waals surface area contributed by atoms with Crippen molar-refractivity contribution in [2.24, 2.45) is 5.10 Å². The number of anilines is 1. The molecule has 2 N–H and O–H groups in total. The van der Waals surface area contributed by atoms with E-state index >= 15 is 0 Å². The van der Waals surface area contributed by atoms with Gasteiger partial charge in [0.15, 0.2) is 0 Å². The zero-order valence-electron chi connectivity index (χ0n) is 17.3. The monoisotopic (exact) mass is 475 g/mol. The Balaban J connectivity index is 1.75. The number of hydrogen-bond donors (Lipinski definition) is 2. The van der Waals surface area contributed by atoms with Gasteiger partial charge in [-0.3, -0.25) is 9.59 Å². The molecule has 0 unspecified atom stereocenters. The van der Waals surface area contributed by atoms with E-state index in [2.05, 4.69) is 31.8 Å². The van der Waals surface area contributed by atoms with Gasteiger partial charge in [-0.25, -0.2) is 5.43 Å². The van der Waals surface area contributed by atoms with Gasteiger partial charge in [-0.1, -0.05) is 0 Å². The molecule has 0 heterocycles. The van der Waals surface area contributed by atoms with Crippen LogP contribution in [0.3, 0.4) is 0 Å². The Morgan fingerprint density at radius 1 is 1.10 bits per heavy atom. The number of carbonyl (C=O) groups is 2. The summed E-state index contributed by atoms with van der Waals surface area (Å²) in [5, 5.41) is 6.67. The van der Waals surface area contributed by atoms with E-state index in [1.54, 1.807) is 24.3 Å². The summed E-state index contributed by atoms with van der Waals surface area (Å²) in [5.41, 5.74) is 3.87. The Labute approximate surface area is 185 Å². The first-order valence-electron chi connectivity index (χ1n) is 9.68. The van der Waals surface area contributed by atoms with Gasteiger partial charge in [0.05, 0.1) is 23.4 Å². The SMILES string of the molecule is CCOc1ccc(NC(=O)CCC(=O)NN=Cc2ccc(OC(C)C)c(Br)c2)cc1. The minimum Gasteiger partial charge on any atom is -0.494 e. The average molecular weight is 476 g/mol. The highest BCUT2D eigenvalue weighted by molar-refractivity contribution is 9.10. The third kappa shape index (κ3) is 8.24. The summed E-state index contributed by atoms with van der Waals surface area (Å²) in [6, 6.07) is 12.6. The molecular formula is C22H26BrN3O4. The lowest BCUT2D eigenvalue weighted by Crippen LogP contribution is -2.20. The first kappa shape index (κ1) is 23.4. The number of ether oxygens (including phenoxy) is 2. The maximum atomic E-state index is 12.0. The standard InChI is InChI=1S/C22H26BrN3O4/c1-4-29-18-8-6-17(7-9-18)25-21(27)11-12-22(28)26-24-14-16-5-10-20(19(23)13-16)30-15(2)3/h5-10,13-15H,4,11-12H2,1-3H3,(H,25,27)(H,26,28). The fourth-order valence-electron chi connectivity index (χ4n) is 2.43. The molecule has 0 fully saturated rings. The smallest absolute Gasteiger partial charge is 0.240 e. The lowest BCUT2D eigenvalue weighted by molar-refractivity contribution is -0.124. The van der Waals surface area contributed by atoms with E-state index in [0.29, 0.717) is 12.3 Å². The van der Waals surface area contributed by atoms with Gasteiger partial charge < -0.3 is 14.8 Å². The summed E-state index contributed by atoms with van der Waals surface area (Å²) in [6.07, 6.45) is 1.69. The summed E-state index contributed by atoms with van der Waals surface area (Å²) in [6.45, 7) is 6.40. The van der Waals surface area contributed by atoms with Crippen LogP contribution in [0.4, 0.5) is 5.69 Å². The number of halogens is 1. The second-order valence-corrected chi connectivity index (χ2v) is 7.51. The number of rotatable bonds is 10.